The van der Waals surface area contributed by atoms with Crippen molar-refractivity contribution in [2.24, 2.45) is 4.99 Å². The molecule has 0 bridgehead atoms. The zero-order chi connectivity index (χ0) is 18.0. The summed E-state index contributed by atoms with van der Waals surface area (Å²) in [6.07, 6.45) is 1.50. The second kappa shape index (κ2) is 7.19. The first-order chi connectivity index (χ1) is 12.0. The summed E-state index contributed by atoms with van der Waals surface area (Å²) in [4.78, 5) is 31.3. The Morgan fingerprint density at radius 1 is 1.28 bits per heavy atom. The van der Waals surface area contributed by atoms with E-state index in [1.165, 1.54) is 0 Å². The molecule has 1 aliphatic heterocycles. The maximum atomic E-state index is 12.6. The van der Waals surface area contributed by atoms with Gasteiger partial charge in [-0.2, -0.15) is 0 Å². The molecule has 0 unspecified atom stereocenters. The first kappa shape index (κ1) is 17.4. The summed E-state index contributed by atoms with van der Waals surface area (Å²) in [6.45, 7) is 4.46. The van der Waals surface area contributed by atoms with Crippen LogP contribution in [-0.2, 0) is 4.79 Å². The minimum Gasteiger partial charge on any atom is -0.497 e. The maximum Gasteiger partial charge on any atom is 0.173 e. The molecule has 5 nitrogen and oxygen atoms in total. The van der Waals surface area contributed by atoms with Gasteiger partial charge in [0, 0.05) is 23.5 Å². The van der Waals surface area contributed by atoms with Crippen LogP contribution < -0.4 is 9.64 Å². The summed E-state index contributed by atoms with van der Waals surface area (Å²) in [5, 5.41) is 0.769. The molecule has 1 aromatic carbocycles. The number of rotatable bonds is 5. The largest absolute Gasteiger partial charge is 0.497 e. The van der Waals surface area contributed by atoms with Crippen LogP contribution in [-0.4, -0.2) is 31.6 Å². The smallest absolute Gasteiger partial charge is 0.173 e. The van der Waals surface area contributed by atoms with Gasteiger partial charge in [-0.25, -0.2) is 4.99 Å². The number of ketones is 1. The molecule has 25 heavy (non-hydrogen) atoms. The highest BCUT2D eigenvalue weighted by Crippen LogP contribution is 2.39. The number of aryl methyl sites for hydroxylation is 1. The van der Waals surface area contributed by atoms with Crippen molar-refractivity contribution >= 4 is 39.9 Å². The van der Waals surface area contributed by atoms with Gasteiger partial charge in [0.25, 0.3) is 0 Å². The van der Waals surface area contributed by atoms with Gasteiger partial charge in [-0.05, 0) is 43.7 Å². The van der Waals surface area contributed by atoms with E-state index in [1.807, 2.05) is 43.0 Å². The molecule has 6 heteroatoms. The van der Waals surface area contributed by atoms with Crippen LogP contribution in [0.3, 0.4) is 0 Å². The van der Waals surface area contributed by atoms with Crippen LogP contribution in [0.2, 0.25) is 0 Å². The van der Waals surface area contributed by atoms with E-state index in [0.717, 1.165) is 38.7 Å². The minimum atomic E-state index is 0.0893. The van der Waals surface area contributed by atoms with Gasteiger partial charge < -0.3 is 14.4 Å². The number of methoxy groups -OCH3 is 1. The normalized spacial score (nSPS) is 13.2. The lowest BCUT2D eigenvalue weighted by atomic mass is 10.0. The van der Waals surface area contributed by atoms with E-state index in [9.17, 15) is 9.59 Å². The van der Waals surface area contributed by atoms with E-state index in [4.69, 9.17) is 9.73 Å². The molecule has 0 radical (unpaired) electrons. The maximum absolute atomic E-state index is 12.6. The molecule has 0 fully saturated rings. The molecule has 0 amide bonds. The Balaban J connectivity index is 2.01. The Morgan fingerprint density at radius 3 is 2.64 bits per heavy atom. The van der Waals surface area contributed by atoms with Crippen molar-refractivity contribution in [3.8, 4) is 5.75 Å². The molecule has 0 atom stereocenters. The monoisotopic (exact) mass is 356 g/mol. The first-order valence-electron chi connectivity index (χ1n) is 8.11. The van der Waals surface area contributed by atoms with Gasteiger partial charge in [0.15, 0.2) is 5.78 Å². The number of hydrogen-bond acceptors (Lipinski definition) is 6. The fourth-order valence-corrected chi connectivity index (χ4v) is 3.98. The predicted octanol–water partition coefficient (Wildman–Crippen LogP) is 4.09. The lowest BCUT2D eigenvalue weighted by molar-refractivity contribution is -0.107. The number of ether oxygens (including phenoxy) is 1. The molecule has 3 rings (SSSR count). The molecule has 0 spiro atoms. The second-order valence-corrected chi connectivity index (χ2v) is 7.10. The number of nitrogens with zero attached hydrogens (tertiary/aromatic N) is 2. The SMILES string of the molecule is COc1ccc(N(CCC=O)C2=Nc3sc(C)c(C)c3C(=O)C2)cc1. The Hall–Kier alpha value is -2.47. The number of anilines is 1. The van der Waals surface area contributed by atoms with Crippen LogP contribution in [0, 0.1) is 13.8 Å². The summed E-state index contributed by atoms with van der Waals surface area (Å²) >= 11 is 1.54. The lowest BCUT2D eigenvalue weighted by Gasteiger charge is -2.27. The standard InChI is InChI=1S/C19H20N2O3S/c1-12-13(2)25-19-18(12)16(23)11-17(20-19)21(9-4-10-22)14-5-7-15(24-3)8-6-14/h5-8,10H,4,9,11H2,1-3H3. The van der Waals surface area contributed by atoms with Crippen LogP contribution in [0.4, 0.5) is 10.7 Å². The van der Waals surface area contributed by atoms with Crippen LogP contribution in [0.25, 0.3) is 0 Å². The number of amidine groups is 1. The average molecular weight is 356 g/mol. The van der Waals surface area contributed by atoms with Crippen LogP contribution >= 0.6 is 11.3 Å². The molecule has 1 aliphatic rings. The molecule has 0 N–H and O–H groups in total. The van der Waals surface area contributed by atoms with E-state index in [0.29, 0.717) is 18.8 Å². The number of hydrogen-bond donors (Lipinski definition) is 0. The van der Waals surface area contributed by atoms with Gasteiger partial charge >= 0.3 is 0 Å². The highest BCUT2D eigenvalue weighted by molar-refractivity contribution is 7.16. The molecule has 0 saturated heterocycles. The van der Waals surface area contributed by atoms with Gasteiger partial charge in [0.05, 0.1) is 19.1 Å². The number of aldehydes is 1. The van der Waals surface area contributed by atoms with Crippen molar-refractivity contribution in [1.29, 1.82) is 0 Å². The minimum absolute atomic E-state index is 0.0893. The Bertz CT molecular complexity index is 837. The third-order valence-corrected chi connectivity index (χ3v) is 5.46. The van der Waals surface area contributed by atoms with Crippen molar-refractivity contribution in [3.05, 3.63) is 40.3 Å². The average Bonchev–Trinajstić information content (AvgIpc) is 2.90. The summed E-state index contributed by atoms with van der Waals surface area (Å²) in [7, 11) is 1.62. The number of fused-ring (bicyclic) bond motifs is 1. The molecule has 1 aromatic heterocycles. The molecule has 2 heterocycles. The highest BCUT2D eigenvalue weighted by atomic mass is 32.1. The van der Waals surface area contributed by atoms with E-state index >= 15 is 0 Å². The van der Waals surface area contributed by atoms with Crippen molar-refractivity contribution < 1.29 is 14.3 Å². The van der Waals surface area contributed by atoms with Crippen molar-refractivity contribution in [2.75, 3.05) is 18.6 Å². The van der Waals surface area contributed by atoms with Gasteiger partial charge in [-0.1, -0.05) is 0 Å². The third-order valence-electron chi connectivity index (χ3n) is 4.36. The Kier molecular flexibility index (Phi) is 4.99. The Morgan fingerprint density at radius 2 is 2.00 bits per heavy atom. The molecule has 0 saturated carbocycles. The number of carbonyl (C=O) groups excluding carboxylic acids is 2. The van der Waals surface area contributed by atoms with Crippen molar-refractivity contribution in [1.82, 2.24) is 0 Å². The number of carbonyl (C=O) groups is 2. The van der Waals surface area contributed by atoms with Gasteiger partial charge in [0.2, 0.25) is 0 Å². The first-order valence-corrected chi connectivity index (χ1v) is 8.92. The summed E-state index contributed by atoms with van der Waals surface area (Å²) in [5.41, 5.74) is 2.66. The number of thiophene rings is 1. The molecular formula is C19H20N2O3S. The second-order valence-electron chi connectivity index (χ2n) is 5.90. The predicted molar refractivity (Wildman–Crippen MR) is 101 cm³/mol. The number of benzene rings is 1. The fourth-order valence-electron chi connectivity index (χ4n) is 2.91. The highest BCUT2D eigenvalue weighted by Gasteiger charge is 2.28. The zero-order valence-electron chi connectivity index (χ0n) is 14.5. The fraction of sp³-hybridized carbons (Fsp3) is 0.316. The third kappa shape index (κ3) is 3.35. The van der Waals surface area contributed by atoms with E-state index < -0.39 is 0 Å². The quantitative estimate of drug-likeness (QED) is 0.757. The van der Waals surface area contributed by atoms with E-state index in [-0.39, 0.29) is 12.2 Å². The number of Topliss-reactive ketones (excluding diaryl/α,β-unsaturated/α-hetero) is 1. The molecule has 0 aliphatic carbocycles. The van der Waals surface area contributed by atoms with Crippen molar-refractivity contribution in [2.45, 2.75) is 26.7 Å². The van der Waals surface area contributed by atoms with E-state index in [1.54, 1.807) is 18.4 Å². The van der Waals surface area contributed by atoms with E-state index in [2.05, 4.69) is 0 Å². The molecular weight excluding hydrogens is 336 g/mol. The van der Waals surface area contributed by atoms with Crippen LogP contribution in [0.5, 0.6) is 5.75 Å². The summed E-state index contributed by atoms with van der Waals surface area (Å²) in [6, 6.07) is 7.55. The summed E-state index contributed by atoms with van der Waals surface area (Å²) in [5.74, 6) is 1.53. The van der Waals surface area contributed by atoms with Crippen LogP contribution in [0.1, 0.15) is 33.6 Å². The number of aliphatic imine (C=N–C) groups is 1. The molecule has 2 aromatic rings. The van der Waals surface area contributed by atoms with Gasteiger partial charge in [-0.15, -0.1) is 11.3 Å². The topological polar surface area (TPSA) is 59.0 Å². The van der Waals surface area contributed by atoms with Crippen LogP contribution in [0.15, 0.2) is 29.3 Å². The zero-order valence-corrected chi connectivity index (χ0v) is 15.4. The lowest BCUT2D eigenvalue weighted by Crippen LogP contribution is -2.35. The van der Waals surface area contributed by atoms with Crippen molar-refractivity contribution in [3.63, 3.8) is 0 Å². The van der Waals surface area contributed by atoms with Gasteiger partial charge in [-0.3, -0.25) is 4.79 Å². The van der Waals surface area contributed by atoms with Gasteiger partial charge in [0.1, 0.15) is 22.9 Å². The summed E-state index contributed by atoms with van der Waals surface area (Å²) < 4.78 is 5.20. The Labute approximate surface area is 150 Å². The molecule has 130 valence electrons.